The standard InChI is InChI=1S/C18H24N4O4S2/c1-21-11-8-19-18(21)27-13-17(23)20-15-12-14(6-7-16(15)26-2)28(24,25)22-9-4-3-5-10-22/h6-8,11-12H,3-5,9-10,13H2,1-2H3,(H,20,23). The second-order valence-corrected chi connectivity index (χ2v) is 9.36. The lowest BCUT2D eigenvalue weighted by molar-refractivity contribution is -0.113. The first-order valence-corrected chi connectivity index (χ1v) is 11.4. The minimum absolute atomic E-state index is 0.150. The number of imidazole rings is 1. The van der Waals surface area contributed by atoms with E-state index in [1.807, 2.05) is 11.6 Å². The van der Waals surface area contributed by atoms with E-state index in [-0.39, 0.29) is 16.6 Å². The lowest BCUT2D eigenvalue weighted by Crippen LogP contribution is -2.35. The Balaban J connectivity index is 1.75. The van der Waals surface area contributed by atoms with Crippen LogP contribution in [0.4, 0.5) is 5.69 Å². The van der Waals surface area contributed by atoms with Crippen LogP contribution in [0, 0.1) is 0 Å². The largest absolute Gasteiger partial charge is 0.495 e. The van der Waals surface area contributed by atoms with Gasteiger partial charge in [0.25, 0.3) is 0 Å². The highest BCUT2D eigenvalue weighted by molar-refractivity contribution is 7.99. The van der Waals surface area contributed by atoms with Gasteiger partial charge in [0, 0.05) is 32.5 Å². The van der Waals surface area contributed by atoms with Gasteiger partial charge in [-0.15, -0.1) is 0 Å². The molecule has 1 aliphatic heterocycles. The number of piperidine rings is 1. The molecular weight excluding hydrogens is 400 g/mol. The zero-order valence-corrected chi connectivity index (χ0v) is 17.6. The molecule has 1 fully saturated rings. The molecule has 0 saturated carbocycles. The molecule has 0 radical (unpaired) electrons. The highest BCUT2D eigenvalue weighted by atomic mass is 32.2. The Morgan fingerprint density at radius 3 is 2.68 bits per heavy atom. The van der Waals surface area contributed by atoms with Gasteiger partial charge in [0.05, 0.1) is 23.4 Å². The first kappa shape index (κ1) is 20.7. The van der Waals surface area contributed by atoms with Crippen LogP contribution >= 0.6 is 11.8 Å². The number of aryl methyl sites for hydroxylation is 1. The summed E-state index contributed by atoms with van der Waals surface area (Å²) in [5, 5.41) is 3.48. The van der Waals surface area contributed by atoms with Crippen molar-refractivity contribution >= 4 is 33.4 Å². The Morgan fingerprint density at radius 1 is 1.29 bits per heavy atom. The molecular formula is C18H24N4O4S2. The highest BCUT2D eigenvalue weighted by Crippen LogP contribution is 2.30. The topological polar surface area (TPSA) is 93.5 Å². The smallest absolute Gasteiger partial charge is 0.243 e. The molecule has 2 aromatic rings. The van der Waals surface area contributed by atoms with Crippen LogP contribution in [-0.4, -0.2) is 54.1 Å². The first-order chi connectivity index (χ1) is 13.4. The second-order valence-electron chi connectivity index (χ2n) is 6.48. The maximum absolute atomic E-state index is 12.9. The predicted molar refractivity (Wildman–Crippen MR) is 108 cm³/mol. The van der Waals surface area contributed by atoms with Crippen molar-refractivity contribution in [2.75, 3.05) is 31.3 Å². The lowest BCUT2D eigenvalue weighted by atomic mass is 10.2. The van der Waals surface area contributed by atoms with Gasteiger partial charge in [-0.3, -0.25) is 4.79 Å². The van der Waals surface area contributed by atoms with Crippen LogP contribution in [0.15, 0.2) is 40.6 Å². The van der Waals surface area contributed by atoms with Crippen LogP contribution in [0.3, 0.4) is 0 Å². The molecule has 1 aromatic carbocycles. The summed E-state index contributed by atoms with van der Waals surface area (Å²) in [7, 11) is -0.260. The van der Waals surface area contributed by atoms with Crippen molar-refractivity contribution < 1.29 is 17.9 Å². The number of sulfonamides is 1. The highest BCUT2D eigenvalue weighted by Gasteiger charge is 2.27. The summed E-state index contributed by atoms with van der Waals surface area (Å²) >= 11 is 1.30. The number of thioether (sulfide) groups is 1. The molecule has 0 atom stereocenters. The van der Waals surface area contributed by atoms with E-state index in [4.69, 9.17) is 4.74 Å². The number of anilines is 1. The zero-order chi connectivity index (χ0) is 20.1. The quantitative estimate of drug-likeness (QED) is 0.686. The Bertz CT molecular complexity index is 937. The zero-order valence-electron chi connectivity index (χ0n) is 15.9. The van der Waals surface area contributed by atoms with Gasteiger partial charge in [-0.05, 0) is 31.0 Å². The predicted octanol–water partition coefficient (Wildman–Crippen LogP) is 2.33. The number of hydrogen-bond acceptors (Lipinski definition) is 6. The summed E-state index contributed by atoms with van der Waals surface area (Å²) in [5.74, 6) is 0.295. The number of nitrogens with one attached hydrogen (secondary N) is 1. The molecule has 0 bridgehead atoms. The number of benzene rings is 1. The van der Waals surface area contributed by atoms with Crippen LogP contribution in [-0.2, 0) is 21.9 Å². The van der Waals surface area contributed by atoms with E-state index in [2.05, 4.69) is 10.3 Å². The van der Waals surface area contributed by atoms with Crippen molar-refractivity contribution in [3.63, 3.8) is 0 Å². The van der Waals surface area contributed by atoms with Crippen molar-refractivity contribution in [1.82, 2.24) is 13.9 Å². The molecule has 152 valence electrons. The summed E-state index contributed by atoms with van der Waals surface area (Å²) in [6.07, 6.45) is 6.24. The number of amides is 1. The van der Waals surface area contributed by atoms with E-state index in [1.54, 1.807) is 18.5 Å². The van der Waals surface area contributed by atoms with Crippen molar-refractivity contribution in [3.8, 4) is 5.75 Å². The van der Waals surface area contributed by atoms with E-state index < -0.39 is 10.0 Å². The summed E-state index contributed by atoms with van der Waals surface area (Å²) in [5.41, 5.74) is 0.339. The summed E-state index contributed by atoms with van der Waals surface area (Å²) in [6.45, 7) is 1.05. The molecule has 1 amide bonds. The van der Waals surface area contributed by atoms with Gasteiger partial charge in [-0.25, -0.2) is 13.4 Å². The molecule has 0 spiro atoms. The number of hydrogen-bond donors (Lipinski definition) is 1. The van der Waals surface area contributed by atoms with Gasteiger partial charge in [0.2, 0.25) is 15.9 Å². The Hall–Kier alpha value is -2.04. The van der Waals surface area contributed by atoms with E-state index in [1.165, 1.54) is 35.3 Å². The Morgan fingerprint density at radius 2 is 2.04 bits per heavy atom. The summed E-state index contributed by atoms with van der Waals surface area (Å²) in [4.78, 5) is 16.7. The van der Waals surface area contributed by atoms with Gasteiger partial charge in [0.1, 0.15) is 5.75 Å². The third-order valence-corrected chi connectivity index (χ3v) is 7.46. The fourth-order valence-electron chi connectivity index (χ4n) is 3.01. The molecule has 1 aliphatic rings. The summed E-state index contributed by atoms with van der Waals surface area (Å²) < 4.78 is 34.4. The number of methoxy groups -OCH3 is 1. The van der Waals surface area contributed by atoms with Crippen molar-refractivity contribution in [2.24, 2.45) is 7.05 Å². The first-order valence-electron chi connectivity index (χ1n) is 9.00. The molecule has 2 heterocycles. The average molecular weight is 425 g/mol. The van der Waals surface area contributed by atoms with Gasteiger partial charge in [-0.2, -0.15) is 4.31 Å². The van der Waals surface area contributed by atoms with Crippen molar-refractivity contribution in [2.45, 2.75) is 29.3 Å². The SMILES string of the molecule is COc1ccc(S(=O)(=O)N2CCCCC2)cc1NC(=O)CSc1nccn1C. The lowest BCUT2D eigenvalue weighted by Gasteiger charge is -2.26. The third kappa shape index (κ3) is 4.68. The number of carbonyl (C=O) groups excluding carboxylic acids is 1. The van der Waals surface area contributed by atoms with Crippen LogP contribution in [0.25, 0.3) is 0 Å². The fraction of sp³-hybridized carbons (Fsp3) is 0.444. The van der Waals surface area contributed by atoms with E-state index in [0.29, 0.717) is 24.5 Å². The van der Waals surface area contributed by atoms with Crippen LogP contribution < -0.4 is 10.1 Å². The van der Waals surface area contributed by atoms with Crippen LogP contribution in [0.5, 0.6) is 5.75 Å². The minimum atomic E-state index is -3.59. The Labute approximate surface area is 169 Å². The normalized spacial score (nSPS) is 15.4. The van der Waals surface area contributed by atoms with Gasteiger partial charge < -0.3 is 14.6 Å². The molecule has 1 aromatic heterocycles. The van der Waals surface area contributed by atoms with Gasteiger partial charge in [0.15, 0.2) is 5.16 Å². The third-order valence-electron chi connectivity index (χ3n) is 4.51. The molecule has 3 rings (SSSR count). The van der Waals surface area contributed by atoms with Gasteiger partial charge in [-0.1, -0.05) is 18.2 Å². The minimum Gasteiger partial charge on any atom is -0.495 e. The molecule has 1 N–H and O–H groups in total. The molecule has 10 heteroatoms. The number of ether oxygens (including phenoxy) is 1. The van der Waals surface area contributed by atoms with Crippen LogP contribution in [0.1, 0.15) is 19.3 Å². The molecule has 0 aliphatic carbocycles. The molecule has 28 heavy (non-hydrogen) atoms. The molecule has 8 nitrogen and oxygen atoms in total. The fourth-order valence-corrected chi connectivity index (χ4v) is 5.28. The number of carbonyl (C=O) groups is 1. The molecule has 1 saturated heterocycles. The van der Waals surface area contributed by atoms with Crippen molar-refractivity contribution in [3.05, 3.63) is 30.6 Å². The maximum atomic E-state index is 12.9. The maximum Gasteiger partial charge on any atom is 0.243 e. The number of rotatable bonds is 7. The number of aromatic nitrogens is 2. The van der Waals surface area contributed by atoms with E-state index in [0.717, 1.165) is 24.4 Å². The van der Waals surface area contributed by atoms with Gasteiger partial charge >= 0.3 is 0 Å². The molecule has 0 unspecified atom stereocenters. The number of nitrogens with zero attached hydrogens (tertiary/aromatic N) is 3. The van der Waals surface area contributed by atoms with Crippen molar-refractivity contribution in [1.29, 1.82) is 0 Å². The Kier molecular flexibility index (Phi) is 6.63. The monoisotopic (exact) mass is 424 g/mol. The summed E-state index contributed by atoms with van der Waals surface area (Å²) in [6, 6.07) is 4.55. The van der Waals surface area contributed by atoms with E-state index >= 15 is 0 Å². The van der Waals surface area contributed by atoms with Crippen LogP contribution in [0.2, 0.25) is 0 Å². The second kappa shape index (κ2) is 8.97. The van der Waals surface area contributed by atoms with E-state index in [9.17, 15) is 13.2 Å². The average Bonchev–Trinajstić information content (AvgIpc) is 3.12.